The molecule has 4 rings (SSSR count). The normalized spacial score (nSPS) is 14.3. The van der Waals surface area contributed by atoms with E-state index in [0.717, 1.165) is 16.8 Å². The van der Waals surface area contributed by atoms with E-state index in [0.29, 0.717) is 22.1 Å². The molecule has 0 aliphatic carbocycles. The summed E-state index contributed by atoms with van der Waals surface area (Å²) in [5.41, 5.74) is 4.26. The van der Waals surface area contributed by atoms with Crippen LogP contribution in [0, 0.1) is 13.8 Å². The van der Waals surface area contributed by atoms with Crippen LogP contribution in [0.3, 0.4) is 0 Å². The van der Waals surface area contributed by atoms with Gasteiger partial charge in [-0.25, -0.2) is 14.8 Å². The smallest absolute Gasteiger partial charge is 0.363 e. The molecule has 0 radical (unpaired) electrons. The van der Waals surface area contributed by atoms with Crippen LogP contribution in [0.5, 0.6) is 5.75 Å². The number of thiazole rings is 1. The molecule has 32 heavy (non-hydrogen) atoms. The highest BCUT2D eigenvalue weighted by Crippen LogP contribution is 2.31. The fourth-order valence-electron chi connectivity index (χ4n) is 3.17. The first-order valence-corrected chi connectivity index (χ1v) is 10.7. The van der Waals surface area contributed by atoms with Crippen molar-refractivity contribution < 1.29 is 19.1 Å². The zero-order valence-electron chi connectivity index (χ0n) is 18.1. The Morgan fingerprint density at radius 1 is 1.16 bits per heavy atom. The molecule has 3 aromatic rings. The van der Waals surface area contributed by atoms with Crippen molar-refractivity contribution in [2.45, 2.75) is 20.8 Å². The molecule has 0 atom stereocenters. The van der Waals surface area contributed by atoms with Gasteiger partial charge in [-0.3, -0.25) is 9.69 Å². The Labute approximate surface area is 189 Å². The number of aromatic nitrogens is 1. The largest absolute Gasteiger partial charge is 0.497 e. The van der Waals surface area contributed by atoms with Crippen LogP contribution in [0.2, 0.25) is 0 Å². The molecule has 1 aliphatic heterocycles. The molecule has 7 nitrogen and oxygen atoms in total. The number of aryl methyl sites for hydroxylation is 2. The molecule has 1 aromatic heterocycles. The first-order valence-electron chi connectivity index (χ1n) is 9.86. The van der Waals surface area contributed by atoms with Crippen molar-refractivity contribution in [1.29, 1.82) is 0 Å². The topological polar surface area (TPSA) is 81.1 Å². The number of hydrogen-bond acceptors (Lipinski definition) is 7. The minimum absolute atomic E-state index is 0.139. The van der Waals surface area contributed by atoms with E-state index < -0.39 is 5.97 Å². The number of aliphatic imine (C=N–C) groups is 1. The molecule has 0 N–H and O–H groups in total. The van der Waals surface area contributed by atoms with Gasteiger partial charge in [0.05, 0.1) is 18.5 Å². The fraction of sp³-hybridized carbons (Fsp3) is 0.167. The maximum absolute atomic E-state index is 12.4. The second-order valence-electron chi connectivity index (χ2n) is 7.25. The predicted molar refractivity (Wildman–Crippen MR) is 124 cm³/mol. The fourth-order valence-corrected chi connectivity index (χ4v) is 4.01. The summed E-state index contributed by atoms with van der Waals surface area (Å²) in [5.74, 6) is 0.130. The minimum atomic E-state index is -0.560. The maximum atomic E-state index is 12.4. The van der Waals surface area contributed by atoms with Gasteiger partial charge in [-0.15, -0.1) is 11.3 Å². The van der Waals surface area contributed by atoms with Crippen LogP contribution in [0.25, 0.3) is 6.08 Å². The van der Waals surface area contributed by atoms with Crippen LogP contribution >= 0.6 is 11.3 Å². The second-order valence-corrected chi connectivity index (χ2v) is 8.08. The number of methoxy groups -OCH3 is 1. The standard InChI is InChI=1S/C24H21N3O4S/c1-14-8-9-19(10-15(14)2)27(16(3)28)24-25-18(13-32-24)12-21-23(29)31-22(26-21)17-6-5-7-20(11-17)30-4/h5-13H,1-4H3/b21-12-. The number of carbonyl (C=O) groups excluding carboxylic acids is 2. The predicted octanol–water partition coefficient (Wildman–Crippen LogP) is 4.80. The summed E-state index contributed by atoms with van der Waals surface area (Å²) in [6.07, 6.45) is 1.55. The summed E-state index contributed by atoms with van der Waals surface area (Å²) in [6.45, 7) is 5.51. The van der Waals surface area contributed by atoms with E-state index in [1.165, 1.54) is 18.3 Å². The number of carbonyl (C=O) groups is 2. The minimum Gasteiger partial charge on any atom is -0.497 e. The van der Waals surface area contributed by atoms with Gasteiger partial charge in [0.15, 0.2) is 10.8 Å². The van der Waals surface area contributed by atoms with E-state index in [9.17, 15) is 9.59 Å². The van der Waals surface area contributed by atoms with E-state index in [1.807, 2.05) is 32.0 Å². The number of hydrogen-bond donors (Lipinski definition) is 0. The summed E-state index contributed by atoms with van der Waals surface area (Å²) >= 11 is 1.31. The Hall–Kier alpha value is -3.78. The van der Waals surface area contributed by atoms with Crippen molar-refractivity contribution in [1.82, 2.24) is 4.98 Å². The highest BCUT2D eigenvalue weighted by Gasteiger charge is 2.25. The highest BCUT2D eigenvalue weighted by atomic mass is 32.1. The summed E-state index contributed by atoms with van der Waals surface area (Å²) < 4.78 is 10.5. The lowest BCUT2D eigenvalue weighted by Gasteiger charge is -2.19. The molecule has 0 spiro atoms. The number of rotatable bonds is 5. The number of esters is 1. The van der Waals surface area contributed by atoms with Gasteiger partial charge in [0.25, 0.3) is 0 Å². The van der Waals surface area contributed by atoms with Crippen LogP contribution in [0.15, 0.2) is 58.5 Å². The molecule has 1 aliphatic rings. The number of amides is 1. The van der Waals surface area contributed by atoms with Gasteiger partial charge in [0, 0.05) is 17.9 Å². The lowest BCUT2D eigenvalue weighted by atomic mass is 10.1. The van der Waals surface area contributed by atoms with E-state index in [4.69, 9.17) is 9.47 Å². The number of anilines is 2. The molecule has 0 saturated carbocycles. The number of nitrogens with zero attached hydrogens (tertiary/aromatic N) is 3. The van der Waals surface area contributed by atoms with Gasteiger partial charge in [0.2, 0.25) is 11.8 Å². The van der Waals surface area contributed by atoms with Gasteiger partial charge in [-0.2, -0.15) is 0 Å². The summed E-state index contributed by atoms with van der Waals surface area (Å²) in [6, 6.07) is 12.9. The van der Waals surface area contributed by atoms with Crippen LogP contribution < -0.4 is 9.64 Å². The Morgan fingerprint density at radius 2 is 1.97 bits per heavy atom. The number of ether oxygens (including phenoxy) is 2. The zero-order chi connectivity index (χ0) is 22.8. The van der Waals surface area contributed by atoms with Crippen molar-refractivity contribution in [2.24, 2.45) is 4.99 Å². The quantitative estimate of drug-likeness (QED) is 0.415. The molecule has 0 unspecified atom stereocenters. The van der Waals surface area contributed by atoms with E-state index in [2.05, 4.69) is 9.98 Å². The van der Waals surface area contributed by atoms with Gasteiger partial charge in [0.1, 0.15) is 5.75 Å². The first-order chi connectivity index (χ1) is 15.4. The first kappa shape index (κ1) is 21.5. The lowest BCUT2D eigenvalue weighted by molar-refractivity contribution is -0.130. The van der Waals surface area contributed by atoms with Crippen LogP contribution in [-0.2, 0) is 14.3 Å². The zero-order valence-corrected chi connectivity index (χ0v) is 18.9. The molecular formula is C24H21N3O4S. The van der Waals surface area contributed by atoms with Gasteiger partial charge < -0.3 is 9.47 Å². The van der Waals surface area contributed by atoms with Crippen molar-refractivity contribution in [3.8, 4) is 5.75 Å². The maximum Gasteiger partial charge on any atom is 0.363 e. The molecule has 0 bridgehead atoms. The van der Waals surface area contributed by atoms with E-state index in [1.54, 1.807) is 47.7 Å². The average Bonchev–Trinajstić information content (AvgIpc) is 3.37. The average molecular weight is 448 g/mol. The van der Waals surface area contributed by atoms with Crippen LogP contribution in [-0.4, -0.2) is 29.9 Å². The number of benzene rings is 2. The SMILES string of the molecule is COc1cccc(C2=N/C(=C\c3csc(N(C(C)=O)c4ccc(C)c(C)c4)n3)C(=O)O2)c1. The van der Waals surface area contributed by atoms with Crippen molar-refractivity contribution >= 4 is 46.0 Å². The molecule has 2 aromatic carbocycles. The molecular weight excluding hydrogens is 426 g/mol. The summed E-state index contributed by atoms with van der Waals surface area (Å²) in [5, 5.41) is 2.28. The van der Waals surface area contributed by atoms with Gasteiger partial charge >= 0.3 is 5.97 Å². The van der Waals surface area contributed by atoms with E-state index in [-0.39, 0.29) is 17.5 Å². The summed E-state index contributed by atoms with van der Waals surface area (Å²) in [7, 11) is 1.56. The van der Waals surface area contributed by atoms with Gasteiger partial charge in [-0.1, -0.05) is 12.1 Å². The lowest BCUT2D eigenvalue weighted by Crippen LogP contribution is -2.22. The van der Waals surface area contributed by atoms with Crippen molar-refractivity contribution in [3.63, 3.8) is 0 Å². The molecule has 0 fully saturated rings. The van der Waals surface area contributed by atoms with Crippen molar-refractivity contribution in [2.75, 3.05) is 12.0 Å². The Kier molecular flexibility index (Phi) is 5.87. The van der Waals surface area contributed by atoms with E-state index >= 15 is 0 Å². The second kappa shape index (κ2) is 8.76. The highest BCUT2D eigenvalue weighted by molar-refractivity contribution is 7.14. The van der Waals surface area contributed by atoms with Crippen LogP contribution in [0.4, 0.5) is 10.8 Å². The third-order valence-electron chi connectivity index (χ3n) is 4.99. The molecule has 162 valence electrons. The third kappa shape index (κ3) is 4.31. The third-order valence-corrected chi connectivity index (χ3v) is 5.83. The molecule has 8 heteroatoms. The number of cyclic esters (lactones) is 1. The Bertz CT molecular complexity index is 1280. The molecule has 1 amide bonds. The Morgan fingerprint density at radius 3 is 2.69 bits per heavy atom. The molecule has 0 saturated heterocycles. The Balaban J connectivity index is 1.63. The van der Waals surface area contributed by atoms with Crippen molar-refractivity contribution in [3.05, 3.63) is 75.9 Å². The van der Waals surface area contributed by atoms with Crippen LogP contribution in [0.1, 0.15) is 29.3 Å². The molecule has 2 heterocycles. The summed E-state index contributed by atoms with van der Waals surface area (Å²) in [4.78, 5) is 35.1. The van der Waals surface area contributed by atoms with Gasteiger partial charge in [-0.05, 0) is 61.4 Å². The monoisotopic (exact) mass is 447 g/mol.